The maximum absolute atomic E-state index is 12.9. The van der Waals surface area contributed by atoms with Crippen molar-refractivity contribution in [1.82, 2.24) is 0 Å². The third-order valence-electron chi connectivity index (χ3n) is 12.2. The van der Waals surface area contributed by atoms with Gasteiger partial charge in [-0.15, -0.1) is 0 Å². The SMILES string of the molecule is CC/C=C\C/C=C\C/C=C\C/C=C\C/C=C\CCCCCCCCOCC(COP(=O)(O)OC1C(O)C(O)C(O)C(O)C1O)OC(=O)CCCCCCCCCCCCCCCCCCCC. The van der Waals surface area contributed by atoms with E-state index in [1.165, 1.54) is 89.9 Å². The van der Waals surface area contributed by atoms with Crippen LogP contribution in [0.5, 0.6) is 0 Å². The number of aliphatic hydroxyl groups is 5. The van der Waals surface area contributed by atoms with Crippen LogP contribution in [0.4, 0.5) is 0 Å². The van der Waals surface area contributed by atoms with E-state index in [1.807, 2.05) is 0 Å². The molecule has 0 aliphatic heterocycles. The first-order valence-electron chi connectivity index (χ1n) is 26.6. The molecule has 6 atom stereocenters. The van der Waals surface area contributed by atoms with Gasteiger partial charge in [-0.3, -0.25) is 13.8 Å². The molecule has 67 heavy (non-hydrogen) atoms. The zero-order chi connectivity index (χ0) is 49.1. The quantitative estimate of drug-likeness (QED) is 0.0147. The molecule has 12 nitrogen and oxygen atoms in total. The number of hydrogen-bond donors (Lipinski definition) is 6. The molecule has 1 aliphatic carbocycles. The Balaban J connectivity index is 2.34. The number of phosphoric ester groups is 1. The molecule has 0 saturated heterocycles. The van der Waals surface area contributed by atoms with Crippen LogP contribution in [-0.4, -0.2) is 98.9 Å². The molecule has 0 heterocycles. The molecule has 390 valence electrons. The van der Waals surface area contributed by atoms with Crippen molar-refractivity contribution in [2.75, 3.05) is 19.8 Å². The average Bonchev–Trinajstić information content (AvgIpc) is 3.31. The van der Waals surface area contributed by atoms with Crippen molar-refractivity contribution in [3.8, 4) is 0 Å². The fourth-order valence-corrected chi connectivity index (χ4v) is 8.94. The van der Waals surface area contributed by atoms with Gasteiger partial charge in [-0.2, -0.15) is 0 Å². The highest BCUT2D eigenvalue weighted by Gasteiger charge is 2.51. The standard InChI is InChI=1S/C54H97O12P/c1-3-5-7-9-11-13-15-17-19-21-23-24-25-26-28-30-32-34-36-38-40-42-44-63-45-47(46-64-67(61,62)66-54-52(59)50(57)49(56)51(58)53(54)60)65-48(55)43-41-39-37-35-33-31-29-27-22-20-18-16-14-12-10-8-6-4-2/h5,7,11,13,17,19,23-24,26,28,47,49-54,56-60H,3-4,6,8-10,12,14-16,18,20-22,25,27,29-46H2,1-2H3,(H,61,62)/b7-5-,13-11-,19-17-,24-23-,28-26-. The topological polar surface area (TPSA) is 192 Å². The molecule has 1 aliphatic rings. The lowest BCUT2D eigenvalue weighted by Gasteiger charge is -2.41. The number of esters is 1. The van der Waals surface area contributed by atoms with Gasteiger partial charge in [0.1, 0.15) is 42.7 Å². The van der Waals surface area contributed by atoms with Crippen molar-refractivity contribution >= 4 is 13.8 Å². The van der Waals surface area contributed by atoms with Gasteiger partial charge in [0.25, 0.3) is 0 Å². The summed E-state index contributed by atoms with van der Waals surface area (Å²) in [5, 5.41) is 50.3. The third kappa shape index (κ3) is 35.7. The van der Waals surface area contributed by atoms with Gasteiger partial charge in [0.2, 0.25) is 0 Å². The second kappa shape index (κ2) is 44.0. The van der Waals surface area contributed by atoms with Gasteiger partial charge < -0.3 is 39.9 Å². The summed E-state index contributed by atoms with van der Waals surface area (Å²) in [7, 11) is -5.03. The Morgan fingerprint density at radius 3 is 1.34 bits per heavy atom. The van der Waals surface area contributed by atoms with Crippen molar-refractivity contribution in [3.05, 3.63) is 60.8 Å². The first-order chi connectivity index (χ1) is 32.5. The number of rotatable bonds is 45. The van der Waals surface area contributed by atoms with Crippen LogP contribution >= 0.6 is 7.82 Å². The van der Waals surface area contributed by atoms with E-state index in [1.54, 1.807) is 0 Å². The van der Waals surface area contributed by atoms with Crippen molar-refractivity contribution in [2.24, 2.45) is 0 Å². The predicted molar refractivity (Wildman–Crippen MR) is 272 cm³/mol. The van der Waals surface area contributed by atoms with Gasteiger partial charge in [-0.05, 0) is 57.8 Å². The molecular weight excluding hydrogens is 872 g/mol. The van der Waals surface area contributed by atoms with E-state index >= 15 is 0 Å². The molecule has 0 aromatic rings. The number of unbranched alkanes of at least 4 members (excludes halogenated alkanes) is 23. The van der Waals surface area contributed by atoms with E-state index in [2.05, 4.69) is 74.6 Å². The highest BCUT2D eigenvalue weighted by molar-refractivity contribution is 7.47. The lowest BCUT2D eigenvalue weighted by molar-refractivity contribution is -0.220. The fraction of sp³-hybridized carbons (Fsp3) is 0.796. The van der Waals surface area contributed by atoms with E-state index in [-0.39, 0.29) is 13.0 Å². The number of phosphoric acid groups is 1. The number of carbonyl (C=O) groups is 1. The van der Waals surface area contributed by atoms with E-state index in [9.17, 15) is 39.8 Å². The molecular formula is C54H97O12P. The highest BCUT2D eigenvalue weighted by Crippen LogP contribution is 2.47. The molecule has 0 amide bonds. The average molecular weight is 969 g/mol. The number of allylic oxidation sites excluding steroid dienone is 10. The molecule has 1 fully saturated rings. The van der Waals surface area contributed by atoms with E-state index < -0.39 is 63.1 Å². The normalized spacial score (nSPS) is 21.7. The molecule has 0 aromatic heterocycles. The second-order valence-electron chi connectivity index (χ2n) is 18.4. The van der Waals surface area contributed by atoms with Crippen LogP contribution in [0.2, 0.25) is 0 Å². The summed E-state index contributed by atoms with van der Waals surface area (Å²) in [6.45, 7) is 4.14. The summed E-state index contributed by atoms with van der Waals surface area (Å²) in [6, 6.07) is 0. The van der Waals surface area contributed by atoms with Crippen LogP contribution in [0.15, 0.2) is 60.8 Å². The minimum Gasteiger partial charge on any atom is -0.457 e. The van der Waals surface area contributed by atoms with Crippen molar-refractivity contribution in [2.45, 2.75) is 256 Å². The van der Waals surface area contributed by atoms with Gasteiger partial charge >= 0.3 is 13.8 Å². The summed E-state index contributed by atoms with van der Waals surface area (Å²) in [5.74, 6) is -0.481. The highest BCUT2D eigenvalue weighted by atomic mass is 31.2. The first-order valence-corrected chi connectivity index (χ1v) is 28.1. The zero-order valence-corrected chi connectivity index (χ0v) is 42.8. The van der Waals surface area contributed by atoms with Crippen LogP contribution in [0, 0.1) is 0 Å². The maximum Gasteiger partial charge on any atom is 0.472 e. The first kappa shape index (κ1) is 63.1. The third-order valence-corrected chi connectivity index (χ3v) is 13.1. The molecule has 6 N–H and O–H groups in total. The Kier molecular flexibility index (Phi) is 41.4. The Bertz CT molecular complexity index is 1340. The number of carbonyl (C=O) groups excluding carboxylic acids is 1. The molecule has 0 bridgehead atoms. The van der Waals surface area contributed by atoms with Crippen LogP contribution in [0.25, 0.3) is 0 Å². The zero-order valence-electron chi connectivity index (χ0n) is 41.9. The van der Waals surface area contributed by atoms with Crippen molar-refractivity contribution in [3.63, 3.8) is 0 Å². The van der Waals surface area contributed by atoms with Gasteiger partial charge in [0, 0.05) is 13.0 Å². The summed E-state index contributed by atoms with van der Waals surface area (Å²) in [6.07, 6.45) is 44.2. The Hall–Kier alpha value is -1.96. The smallest absolute Gasteiger partial charge is 0.457 e. The number of aliphatic hydroxyl groups excluding tert-OH is 5. The minimum absolute atomic E-state index is 0.0869. The summed E-state index contributed by atoms with van der Waals surface area (Å²) < 4.78 is 34.3. The minimum atomic E-state index is -5.03. The van der Waals surface area contributed by atoms with Gasteiger partial charge in [0.05, 0.1) is 13.2 Å². The molecule has 0 aromatic carbocycles. The van der Waals surface area contributed by atoms with Crippen LogP contribution < -0.4 is 0 Å². The lowest BCUT2D eigenvalue weighted by Crippen LogP contribution is -2.64. The number of hydrogen-bond acceptors (Lipinski definition) is 11. The molecule has 1 rings (SSSR count). The largest absolute Gasteiger partial charge is 0.472 e. The van der Waals surface area contributed by atoms with Crippen LogP contribution in [-0.2, 0) is 27.9 Å². The summed E-state index contributed by atoms with van der Waals surface area (Å²) in [4.78, 5) is 23.3. The monoisotopic (exact) mass is 969 g/mol. The van der Waals surface area contributed by atoms with Gasteiger partial charge in [0.15, 0.2) is 0 Å². The second-order valence-corrected chi connectivity index (χ2v) is 19.8. The predicted octanol–water partition coefficient (Wildman–Crippen LogP) is 12.1. The molecule has 13 heteroatoms. The van der Waals surface area contributed by atoms with E-state index in [4.69, 9.17) is 18.5 Å². The summed E-state index contributed by atoms with van der Waals surface area (Å²) >= 11 is 0. The molecule has 6 unspecified atom stereocenters. The van der Waals surface area contributed by atoms with E-state index in [0.29, 0.717) is 13.0 Å². The molecule has 1 saturated carbocycles. The molecule has 0 spiro atoms. The van der Waals surface area contributed by atoms with E-state index in [0.717, 1.165) is 96.3 Å². The maximum atomic E-state index is 12.9. The summed E-state index contributed by atoms with van der Waals surface area (Å²) in [5.41, 5.74) is 0. The Morgan fingerprint density at radius 1 is 0.493 bits per heavy atom. The number of ether oxygens (including phenoxy) is 2. The van der Waals surface area contributed by atoms with Crippen LogP contribution in [0.3, 0.4) is 0 Å². The van der Waals surface area contributed by atoms with Crippen molar-refractivity contribution in [1.29, 1.82) is 0 Å². The molecule has 0 radical (unpaired) electrons. The van der Waals surface area contributed by atoms with Gasteiger partial charge in [-0.25, -0.2) is 4.57 Å². The fourth-order valence-electron chi connectivity index (χ4n) is 7.97. The van der Waals surface area contributed by atoms with Crippen LogP contribution in [0.1, 0.15) is 213 Å². The Labute approximate surface area is 407 Å². The Morgan fingerprint density at radius 2 is 0.881 bits per heavy atom. The van der Waals surface area contributed by atoms with Gasteiger partial charge in [-0.1, -0.05) is 209 Å². The lowest BCUT2D eigenvalue weighted by atomic mass is 9.85. The van der Waals surface area contributed by atoms with Crippen molar-refractivity contribution < 1.29 is 58.3 Å².